The summed E-state index contributed by atoms with van der Waals surface area (Å²) in [4.78, 5) is 19.3. The summed E-state index contributed by atoms with van der Waals surface area (Å²) >= 11 is 0. The van der Waals surface area contributed by atoms with Gasteiger partial charge in [0.2, 0.25) is 0 Å². The first-order chi connectivity index (χ1) is 25.0. The molecule has 0 radical (unpaired) electrons. The van der Waals surface area contributed by atoms with Crippen LogP contribution >= 0.6 is 0 Å². The highest BCUT2D eigenvalue weighted by Crippen LogP contribution is 2.05. The van der Waals surface area contributed by atoms with Crippen molar-refractivity contribution in [1.29, 1.82) is 0 Å². The maximum absolute atomic E-state index is 3.83. The van der Waals surface area contributed by atoms with Crippen molar-refractivity contribution in [3.63, 3.8) is 0 Å². The molecular weight excluding hydrogens is 655 g/mol. The van der Waals surface area contributed by atoms with Crippen LogP contribution < -0.4 is 0 Å². The number of likely N-dealkylation sites (tertiary alicyclic amines) is 3. The molecule has 4 aromatic rings. The molecule has 0 saturated carbocycles. The average molecular weight is 728 g/mol. The molecule has 8 rings (SSSR count). The summed E-state index contributed by atoms with van der Waals surface area (Å²) in [5.74, 6) is 0. The highest BCUT2D eigenvalue weighted by molar-refractivity contribution is 4.75. The molecule has 4 aliphatic heterocycles. The number of likely N-dealkylation sites (N-methyl/N-ethyl adjacent to an activating group) is 2. The molecule has 0 bridgehead atoms. The van der Waals surface area contributed by atoms with Gasteiger partial charge in [0.1, 0.15) is 25.3 Å². The van der Waals surface area contributed by atoms with Gasteiger partial charge < -0.3 is 33.6 Å². The normalized spacial score (nSPS) is 17.9. The topological polar surface area (TPSA) is 113 Å². The molecule has 52 heavy (non-hydrogen) atoms. The molecule has 296 valence electrons. The second kappa shape index (κ2) is 31.1. The van der Waals surface area contributed by atoms with E-state index >= 15 is 0 Å². The highest BCUT2D eigenvalue weighted by atomic mass is 15.3. The van der Waals surface area contributed by atoms with Crippen molar-refractivity contribution in [2.75, 3.05) is 101 Å². The molecule has 15 heteroatoms. The van der Waals surface area contributed by atoms with E-state index in [4.69, 9.17) is 0 Å². The lowest BCUT2D eigenvalue weighted by Gasteiger charge is -2.28. The summed E-state index contributed by atoms with van der Waals surface area (Å²) in [6.07, 6.45) is 26.8. The predicted octanol–water partition coefficient (Wildman–Crippen LogP) is 3.25. The van der Waals surface area contributed by atoms with Gasteiger partial charge in [0.15, 0.2) is 0 Å². The van der Waals surface area contributed by atoms with Gasteiger partial charge in [0.25, 0.3) is 0 Å². The van der Waals surface area contributed by atoms with Crippen molar-refractivity contribution in [1.82, 2.24) is 73.4 Å². The minimum atomic E-state index is 1.23. The van der Waals surface area contributed by atoms with Crippen LogP contribution in [0.3, 0.4) is 0 Å². The van der Waals surface area contributed by atoms with Crippen molar-refractivity contribution >= 4 is 0 Å². The molecule has 0 aliphatic carbocycles. The molecule has 0 unspecified atom stereocenters. The number of aryl methyl sites for hydroxylation is 4. The van der Waals surface area contributed by atoms with E-state index in [0.717, 1.165) is 0 Å². The molecule has 4 aliphatic rings. The van der Waals surface area contributed by atoms with Crippen LogP contribution in [0.25, 0.3) is 0 Å². The van der Waals surface area contributed by atoms with Crippen LogP contribution in [-0.4, -0.2) is 174 Å². The lowest BCUT2D eigenvalue weighted by molar-refractivity contribution is 0.181. The zero-order valence-electron chi connectivity index (χ0n) is 34.2. The molecule has 4 aromatic heterocycles. The standard InChI is InChI=1S/C6H14N2.2C6H13N.C5H11N.2C4H6N2.2C3H5N3/c1-7-3-5-8(2)6-4-7;2*1-7-5-3-2-4-6-7;1-6-4-2-3-5-6;1-6-3-2-5-4-6;1-6-4-2-3-5-6;1-6-2-4-5-3-6;1-6-3-4-2-5-6/h3-6H2,1-2H3;2*2-6H2,1H3;2-5H2,1H3;2*2-4H,1H3;2*2-3H,1H3. The fraction of sp³-hybridized carbons (Fsp3) is 0.730. The Morgan fingerprint density at radius 3 is 0.962 bits per heavy atom. The monoisotopic (exact) mass is 728 g/mol. The maximum atomic E-state index is 3.83. The van der Waals surface area contributed by atoms with E-state index in [9.17, 15) is 0 Å². The van der Waals surface area contributed by atoms with Crippen LogP contribution in [0.1, 0.15) is 51.4 Å². The van der Waals surface area contributed by atoms with Crippen LogP contribution in [-0.2, 0) is 28.2 Å². The van der Waals surface area contributed by atoms with E-state index in [1.807, 2.05) is 51.2 Å². The van der Waals surface area contributed by atoms with Gasteiger partial charge in [0, 0.05) is 79.2 Å². The third-order valence-electron chi connectivity index (χ3n) is 8.56. The third kappa shape index (κ3) is 29.1. The second-order valence-corrected chi connectivity index (χ2v) is 13.9. The zero-order valence-corrected chi connectivity index (χ0v) is 34.2. The van der Waals surface area contributed by atoms with E-state index in [1.54, 1.807) is 51.6 Å². The van der Waals surface area contributed by atoms with Gasteiger partial charge in [-0.2, -0.15) is 10.2 Å². The first-order valence-electron chi connectivity index (χ1n) is 18.9. The second-order valence-electron chi connectivity index (χ2n) is 13.9. The summed E-state index contributed by atoms with van der Waals surface area (Å²) in [5.41, 5.74) is 0. The Hall–Kier alpha value is -3.50. The largest absolute Gasteiger partial charge is 0.341 e. The third-order valence-corrected chi connectivity index (χ3v) is 8.56. The number of aromatic nitrogens is 10. The van der Waals surface area contributed by atoms with Crippen molar-refractivity contribution in [2.24, 2.45) is 28.2 Å². The Balaban J connectivity index is 0.000000298. The lowest BCUT2D eigenvalue weighted by Crippen LogP contribution is -2.42. The number of hydrogen-bond donors (Lipinski definition) is 0. The van der Waals surface area contributed by atoms with Gasteiger partial charge >= 0.3 is 0 Å². The van der Waals surface area contributed by atoms with Crippen LogP contribution in [0, 0.1) is 0 Å². The van der Waals surface area contributed by atoms with Gasteiger partial charge in [-0.1, -0.05) is 12.8 Å². The predicted molar refractivity (Wildman–Crippen MR) is 213 cm³/mol. The molecule has 0 amide bonds. The number of hydrogen-bond acceptors (Lipinski definition) is 11. The zero-order chi connectivity index (χ0) is 38.2. The maximum Gasteiger partial charge on any atom is 0.137 e. The first kappa shape index (κ1) is 46.5. The summed E-state index contributed by atoms with van der Waals surface area (Å²) in [6, 6.07) is 1.89. The number of piperazine rings is 1. The smallest absolute Gasteiger partial charge is 0.137 e. The Morgan fingerprint density at radius 2 is 0.808 bits per heavy atom. The molecule has 0 spiro atoms. The number of imidazole rings is 1. The Morgan fingerprint density at radius 1 is 0.365 bits per heavy atom. The molecule has 4 saturated heterocycles. The number of piperidine rings is 2. The Kier molecular flexibility index (Phi) is 27.8. The molecule has 8 heterocycles. The minimum Gasteiger partial charge on any atom is -0.341 e. The molecule has 15 nitrogen and oxygen atoms in total. The number of rotatable bonds is 0. The quantitative estimate of drug-likeness (QED) is 0.266. The lowest BCUT2D eigenvalue weighted by atomic mass is 10.1. The van der Waals surface area contributed by atoms with Gasteiger partial charge in [-0.05, 0) is 119 Å². The minimum absolute atomic E-state index is 1.23. The van der Waals surface area contributed by atoms with Gasteiger partial charge in [0.05, 0.1) is 6.33 Å². The summed E-state index contributed by atoms with van der Waals surface area (Å²) in [5, 5.41) is 14.6. The van der Waals surface area contributed by atoms with Gasteiger partial charge in [-0.15, -0.1) is 10.2 Å². The van der Waals surface area contributed by atoms with Crippen LogP contribution in [0.15, 0.2) is 62.5 Å². The van der Waals surface area contributed by atoms with Crippen molar-refractivity contribution in [2.45, 2.75) is 51.4 Å². The molecule has 0 aromatic carbocycles. The summed E-state index contributed by atoms with van der Waals surface area (Å²) < 4.78 is 7.06. The molecular formula is C37H73N15. The molecule has 0 N–H and O–H groups in total. The fourth-order valence-corrected chi connectivity index (χ4v) is 5.08. The SMILES string of the molecule is CN1CCCC1.CN1CCCCC1.CN1CCCCC1.CN1CCN(C)CC1.Cn1cccn1.Cn1ccnc1.Cn1cncn1.Cn1cnnc1. The van der Waals surface area contributed by atoms with E-state index in [0.29, 0.717) is 0 Å². The van der Waals surface area contributed by atoms with E-state index in [1.165, 1.54) is 123 Å². The van der Waals surface area contributed by atoms with Gasteiger partial charge in [-0.25, -0.2) is 9.97 Å². The number of nitrogens with zero attached hydrogens (tertiary/aromatic N) is 15. The fourth-order valence-electron chi connectivity index (χ4n) is 5.08. The van der Waals surface area contributed by atoms with Crippen molar-refractivity contribution in [3.05, 3.63) is 62.5 Å². The molecule has 0 atom stereocenters. The van der Waals surface area contributed by atoms with Crippen molar-refractivity contribution in [3.8, 4) is 0 Å². The van der Waals surface area contributed by atoms with Gasteiger partial charge in [-0.3, -0.25) is 9.36 Å². The van der Waals surface area contributed by atoms with Crippen LogP contribution in [0.5, 0.6) is 0 Å². The van der Waals surface area contributed by atoms with E-state index < -0.39 is 0 Å². The molecule has 4 fully saturated rings. The van der Waals surface area contributed by atoms with Crippen LogP contribution in [0.2, 0.25) is 0 Å². The first-order valence-corrected chi connectivity index (χ1v) is 18.9. The van der Waals surface area contributed by atoms with Crippen molar-refractivity contribution < 1.29 is 0 Å². The van der Waals surface area contributed by atoms with E-state index in [-0.39, 0.29) is 0 Å². The Labute approximate surface area is 315 Å². The average Bonchev–Trinajstić information content (AvgIpc) is 4.00. The summed E-state index contributed by atoms with van der Waals surface area (Å²) in [7, 11) is 18.4. The Bertz CT molecular complexity index is 1050. The van der Waals surface area contributed by atoms with E-state index in [2.05, 4.69) is 90.1 Å². The highest BCUT2D eigenvalue weighted by Gasteiger charge is 2.08. The van der Waals surface area contributed by atoms with Crippen LogP contribution in [0.4, 0.5) is 0 Å². The summed E-state index contributed by atoms with van der Waals surface area (Å²) in [6.45, 7) is 12.8.